The van der Waals surface area contributed by atoms with Crippen LogP contribution >= 0.6 is 0 Å². The van der Waals surface area contributed by atoms with Crippen LogP contribution in [0, 0.1) is 5.92 Å². The molecule has 0 heterocycles. The van der Waals surface area contributed by atoms with E-state index >= 15 is 0 Å². The Kier molecular flexibility index (Phi) is 9.68. The lowest BCUT2D eigenvalue weighted by molar-refractivity contribution is -0.151. The number of ether oxygens (including phenoxy) is 1. The molecule has 0 fully saturated rings. The van der Waals surface area contributed by atoms with E-state index in [1.54, 1.807) is 32.9 Å². The molecule has 2 atom stereocenters. The average molecular weight is 434 g/mol. The third-order valence-corrected chi connectivity index (χ3v) is 4.69. The second kappa shape index (κ2) is 11.5. The van der Waals surface area contributed by atoms with Gasteiger partial charge in [0.1, 0.15) is 12.1 Å². The van der Waals surface area contributed by atoms with Crippen LogP contribution in [0.15, 0.2) is 24.3 Å². The first-order chi connectivity index (χ1) is 14.4. The zero-order valence-corrected chi connectivity index (χ0v) is 19.5. The summed E-state index contributed by atoms with van der Waals surface area (Å²) in [7, 11) is 0. The molecule has 3 amide bonds. The molecule has 1 rings (SSSR count). The topological polar surface area (TPSA) is 114 Å². The number of amides is 3. The molecule has 8 nitrogen and oxygen atoms in total. The summed E-state index contributed by atoms with van der Waals surface area (Å²) in [6.45, 7) is 13.0. The lowest BCUT2D eigenvalue weighted by Crippen LogP contribution is -2.48. The summed E-state index contributed by atoms with van der Waals surface area (Å²) in [5.41, 5.74) is 1.49. The molecular formula is C23H35N3O5. The van der Waals surface area contributed by atoms with Gasteiger partial charge in [-0.25, -0.2) is 4.79 Å². The van der Waals surface area contributed by atoms with Crippen LogP contribution in [-0.4, -0.2) is 48.9 Å². The molecule has 0 aromatic heterocycles. The van der Waals surface area contributed by atoms with Crippen molar-refractivity contribution in [3.63, 3.8) is 0 Å². The minimum absolute atomic E-state index is 0.0332. The van der Waals surface area contributed by atoms with Gasteiger partial charge in [-0.3, -0.25) is 14.4 Å². The quantitative estimate of drug-likeness (QED) is 0.515. The monoisotopic (exact) mass is 433 g/mol. The molecule has 0 bridgehead atoms. The lowest BCUT2D eigenvalue weighted by atomic mass is 9.86. The molecule has 0 saturated heterocycles. The van der Waals surface area contributed by atoms with Crippen molar-refractivity contribution < 1.29 is 23.9 Å². The van der Waals surface area contributed by atoms with E-state index < -0.39 is 36.5 Å². The van der Waals surface area contributed by atoms with E-state index in [1.165, 1.54) is 6.92 Å². The van der Waals surface area contributed by atoms with Gasteiger partial charge in [0.25, 0.3) is 11.8 Å². The number of benzene rings is 1. The summed E-state index contributed by atoms with van der Waals surface area (Å²) in [4.78, 5) is 48.7. The standard InChI is InChI=1S/C23H35N3O5/c1-8-24-20(28)15(4)25-18(27)13-31-22(30)19(14(2)3)26-21(29)16-9-11-17(12-10-16)23(5,6)7/h9-12,14-15,19H,8,13H2,1-7H3,(H,24,28)(H,25,27)(H,26,29)/t15-,19+/m1/s1. The van der Waals surface area contributed by atoms with Crippen molar-refractivity contribution in [2.24, 2.45) is 5.92 Å². The fourth-order valence-electron chi connectivity index (χ4n) is 2.75. The number of carbonyl (C=O) groups excluding carboxylic acids is 4. The van der Waals surface area contributed by atoms with Crippen LogP contribution < -0.4 is 16.0 Å². The van der Waals surface area contributed by atoms with Crippen molar-refractivity contribution >= 4 is 23.7 Å². The van der Waals surface area contributed by atoms with Gasteiger partial charge in [0.2, 0.25) is 5.91 Å². The highest BCUT2D eigenvalue weighted by molar-refractivity contribution is 5.97. The Labute approximate surface area is 184 Å². The molecule has 8 heteroatoms. The zero-order valence-electron chi connectivity index (χ0n) is 19.5. The summed E-state index contributed by atoms with van der Waals surface area (Å²) >= 11 is 0. The van der Waals surface area contributed by atoms with Crippen molar-refractivity contribution in [3.05, 3.63) is 35.4 Å². The van der Waals surface area contributed by atoms with Crippen molar-refractivity contribution in [2.75, 3.05) is 13.2 Å². The first-order valence-corrected chi connectivity index (χ1v) is 10.5. The first kappa shape index (κ1) is 26.1. The predicted octanol–water partition coefficient (Wildman–Crippen LogP) is 1.92. The lowest BCUT2D eigenvalue weighted by Gasteiger charge is -2.22. The van der Waals surface area contributed by atoms with Gasteiger partial charge in [0, 0.05) is 12.1 Å². The Hall–Kier alpha value is -2.90. The molecule has 0 saturated carbocycles. The molecule has 1 aromatic rings. The molecule has 3 N–H and O–H groups in total. The number of hydrogen-bond donors (Lipinski definition) is 3. The SMILES string of the molecule is CCNC(=O)[C@@H](C)NC(=O)COC(=O)[C@@H](NC(=O)c1ccc(C(C)(C)C)cc1)C(C)C. The summed E-state index contributed by atoms with van der Waals surface area (Å²) in [5, 5.41) is 7.73. The van der Waals surface area contributed by atoms with Crippen LogP contribution in [-0.2, 0) is 24.5 Å². The minimum Gasteiger partial charge on any atom is -0.454 e. The van der Waals surface area contributed by atoms with Crippen LogP contribution in [0.4, 0.5) is 0 Å². The maximum Gasteiger partial charge on any atom is 0.329 e. The summed E-state index contributed by atoms with van der Waals surface area (Å²) in [6, 6.07) is 5.55. The van der Waals surface area contributed by atoms with E-state index in [1.807, 2.05) is 12.1 Å². The number of nitrogens with one attached hydrogen (secondary N) is 3. The van der Waals surface area contributed by atoms with Gasteiger partial charge in [-0.05, 0) is 42.9 Å². The number of rotatable bonds is 9. The Balaban J connectivity index is 2.68. The number of carbonyl (C=O) groups is 4. The maximum absolute atomic E-state index is 12.6. The molecule has 0 unspecified atom stereocenters. The van der Waals surface area contributed by atoms with Gasteiger partial charge in [0.15, 0.2) is 6.61 Å². The van der Waals surface area contributed by atoms with E-state index in [4.69, 9.17) is 4.74 Å². The Morgan fingerprint density at radius 1 is 0.968 bits per heavy atom. The third-order valence-electron chi connectivity index (χ3n) is 4.69. The van der Waals surface area contributed by atoms with Gasteiger partial charge in [-0.2, -0.15) is 0 Å². The van der Waals surface area contributed by atoms with E-state index in [-0.39, 0.29) is 17.2 Å². The third kappa shape index (κ3) is 8.39. The van der Waals surface area contributed by atoms with E-state index in [0.717, 1.165) is 5.56 Å². The van der Waals surface area contributed by atoms with Gasteiger partial charge >= 0.3 is 5.97 Å². The van der Waals surface area contributed by atoms with Crippen LogP contribution in [0.1, 0.15) is 64.4 Å². The van der Waals surface area contributed by atoms with Crippen LogP contribution in [0.25, 0.3) is 0 Å². The zero-order chi connectivity index (χ0) is 23.8. The Bertz CT molecular complexity index is 781. The smallest absolute Gasteiger partial charge is 0.329 e. The van der Waals surface area contributed by atoms with Gasteiger partial charge in [-0.1, -0.05) is 46.8 Å². The van der Waals surface area contributed by atoms with Gasteiger partial charge in [0.05, 0.1) is 0 Å². The Morgan fingerprint density at radius 2 is 1.55 bits per heavy atom. The van der Waals surface area contributed by atoms with E-state index in [0.29, 0.717) is 12.1 Å². The van der Waals surface area contributed by atoms with Crippen molar-refractivity contribution in [3.8, 4) is 0 Å². The fraction of sp³-hybridized carbons (Fsp3) is 0.565. The minimum atomic E-state index is -0.914. The van der Waals surface area contributed by atoms with Gasteiger partial charge < -0.3 is 20.7 Å². The van der Waals surface area contributed by atoms with Crippen LogP contribution in [0.2, 0.25) is 0 Å². The largest absolute Gasteiger partial charge is 0.454 e. The maximum atomic E-state index is 12.6. The van der Waals surface area contributed by atoms with Crippen molar-refractivity contribution in [1.29, 1.82) is 0 Å². The predicted molar refractivity (Wildman–Crippen MR) is 118 cm³/mol. The molecular weight excluding hydrogens is 398 g/mol. The average Bonchev–Trinajstić information content (AvgIpc) is 2.69. The molecule has 172 valence electrons. The molecule has 1 aromatic carbocycles. The molecule has 0 spiro atoms. The summed E-state index contributed by atoms with van der Waals surface area (Å²) < 4.78 is 5.07. The van der Waals surface area contributed by atoms with E-state index in [2.05, 4.69) is 36.7 Å². The number of esters is 1. The van der Waals surface area contributed by atoms with Crippen molar-refractivity contribution in [1.82, 2.24) is 16.0 Å². The first-order valence-electron chi connectivity index (χ1n) is 10.5. The van der Waals surface area contributed by atoms with Crippen LogP contribution in [0.3, 0.4) is 0 Å². The Morgan fingerprint density at radius 3 is 2.03 bits per heavy atom. The van der Waals surface area contributed by atoms with Gasteiger partial charge in [-0.15, -0.1) is 0 Å². The highest BCUT2D eigenvalue weighted by Gasteiger charge is 2.27. The van der Waals surface area contributed by atoms with Crippen molar-refractivity contribution in [2.45, 2.75) is 66.0 Å². The molecule has 31 heavy (non-hydrogen) atoms. The summed E-state index contributed by atoms with van der Waals surface area (Å²) in [6.07, 6.45) is 0. The number of hydrogen-bond acceptors (Lipinski definition) is 5. The molecule has 0 radical (unpaired) electrons. The molecule has 0 aliphatic heterocycles. The van der Waals surface area contributed by atoms with E-state index in [9.17, 15) is 19.2 Å². The number of likely N-dealkylation sites (N-methyl/N-ethyl adjacent to an activating group) is 1. The highest BCUT2D eigenvalue weighted by atomic mass is 16.5. The fourth-order valence-corrected chi connectivity index (χ4v) is 2.75. The normalized spacial score (nSPS) is 13.2. The highest BCUT2D eigenvalue weighted by Crippen LogP contribution is 2.22. The molecule has 0 aliphatic rings. The second-order valence-electron chi connectivity index (χ2n) is 8.81. The van der Waals surface area contributed by atoms with Crippen LogP contribution in [0.5, 0.6) is 0 Å². The summed E-state index contributed by atoms with van der Waals surface area (Å²) in [5.74, 6) is -2.28. The second-order valence-corrected chi connectivity index (χ2v) is 8.81. The molecule has 0 aliphatic carbocycles.